The second-order valence-corrected chi connectivity index (χ2v) is 11.9. The number of carbonyl (C=O) groups is 2. The molecule has 0 N–H and O–H groups in total. The molecule has 40 heavy (non-hydrogen) atoms. The highest BCUT2D eigenvalue weighted by Gasteiger charge is 2.39. The summed E-state index contributed by atoms with van der Waals surface area (Å²) in [5.74, 6) is -1.35. The smallest absolute Gasteiger partial charge is 0.301 e. The number of halogens is 4. The number of alkyl halides is 3. The van der Waals surface area contributed by atoms with Crippen molar-refractivity contribution in [2.45, 2.75) is 37.3 Å². The van der Waals surface area contributed by atoms with Gasteiger partial charge < -0.3 is 4.90 Å². The minimum atomic E-state index is -4.82. The Morgan fingerprint density at radius 1 is 0.975 bits per heavy atom. The summed E-state index contributed by atoms with van der Waals surface area (Å²) < 4.78 is 67.3. The van der Waals surface area contributed by atoms with Gasteiger partial charge in [-0.2, -0.15) is 22.7 Å². The van der Waals surface area contributed by atoms with Crippen LogP contribution in [0.5, 0.6) is 0 Å². The molecule has 2 aliphatic heterocycles. The Labute approximate surface area is 235 Å². The molecule has 2 aliphatic rings. The number of hydrogen-bond donors (Lipinski definition) is 0. The Bertz CT molecular complexity index is 1490. The number of piperazine rings is 1. The van der Waals surface area contributed by atoms with Crippen LogP contribution in [0.2, 0.25) is 5.02 Å². The van der Waals surface area contributed by atoms with Crippen molar-refractivity contribution >= 4 is 39.1 Å². The average Bonchev–Trinajstić information content (AvgIpc) is 3.13. The molecule has 2 amide bonds. The van der Waals surface area contributed by atoms with Gasteiger partial charge in [-0.25, -0.2) is 13.3 Å². The van der Waals surface area contributed by atoms with Crippen LogP contribution in [0.4, 0.5) is 18.9 Å². The third-order valence-electron chi connectivity index (χ3n) is 7.06. The summed E-state index contributed by atoms with van der Waals surface area (Å²) in [5.41, 5.74) is -1.60. The van der Waals surface area contributed by atoms with Crippen LogP contribution >= 0.6 is 11.6 Å². The Kier molecular flexibility index (Phi) is 8.70. The summed E-state index contributed by atoms with van der Waals surface area (Å²) in [6.45, 7) is 3.89. The van der Waals surface area contributed by atoms with Crippen LogP contribution in [0.15, 0.2) is 58.5 Å². The first kappa shape index (κ1) is 29.7. The standard InChI is InChI=1S/C27H26ClF3N4O4S/c1-18-23(26(37)35(25(18)36)21-8-5-19(17-32)24(16-21)27(29,30)31)4-2-3-11-33-12-14-34(15-13-33)40(38,39)22-9-6-20(28)7-10-22/h5-10,16H,2-4,11-15H2,1H3. The number of imide groups is 1. The molecule has 212 valence electrons. The second kappa shape index (κ2) is 11.7. The van der Waals surface area contributed by atoms with E-state index in [4.69, 9.17) is 16.9 Å². The van der Waals surface area contributed by atoms with Crippen molar-refractivity contribution in [1.29, 1.82) is 5.26 Å². The molecule has 4 rings (SSSR count). The molecule has 1 saturated heterocycles. The summed E-state index contributed by atoms with van der Waals surface area (Å²) in [6, 6.07) is 10.3. The van der Waals surface area contributed by atoms with E-state index in [9.17, 15) is 31.2 Å². The fraction of sp³-hybridized carbons (Fsp3) is 0.370. The summed E-state index contributed by atoms with van der Waals surface area (Å²) in [6.07, 6.45) is -3.30. The van der Waals surface area contributed by atoms with Crippen LogP contribution < -0.4 is 4.90 Å². The zero-order valence-electron chi connectivity index (χ0n) is 21.5. The normalized spacial score (nSPS) is 17.6. The first-order valence-electron chi connectivity index (χ1n) is 12.5. The van der Waals surface area contributed by atoms with Gasteiger partial charge in [0.15, 0.2) is 0 Å². The summed E-state index contributed by atoms with van der Waals surface area (Å²) in [5, 5.41) is 9.46. The monoisotopic (exact) mass is 594 g/mol. The van der Waals surface area contributed by atoms with Crippen molar-refractivity contribution < 1.29 is 31.2 Å². The molecule has 2 heterocycles. The SMILES string of the molecule is CC1=C(CCCCN2CCN(S(=O)(=O)c3ccc(Cl)cc3)CC2)C(=O)N(c2ccc(C#N)c(C(F)(F)F)c2)C1=O. The number of amides is 2. The highest BCUT2D eigenvalue weighted by Crippen LogP contribution is 2.37. The third kappa shape index (κ3) is 6.07. The van der Waals surface area contributed by atoms with Gasteiger partial charge in [0.1, 0.15) is 0 Å². The van der Waals surface area contributed by atoms with Gasteiger partial charge in [0, 0.05) is 42.3 Å². The molecule has 0 radical (unpaired) electrons. The minimum absolute atomic E-state index is 0.184. The van der Waals surface area contributed by atoms with E-state index in [-0.39, 0.29) is 28.1 Å². The lowest BCUT2D eigenvalue weighted by Gasteiger charge is -2.34. The number of benzene rings is 2. The van der Waals surface area contributed by atoms with Gasteiger partial charge in [0.05, 0.1) is 27.8 Å². The number of rotatable bonds is 8. The van der Waals surface area contributed by atoms with Crippen LogP contribution in [0.3, 0.4) is 0 Å². The van der Waals surface area contributed by atoms with Gasteiger partial charge >= 0.3 is 6.18 Å². The lowest BCUT2D eigenvalue weighted by molar-refractivity contribution is -0.138. The van der Waals surface area contributed by atoms with E-state index < -0.39 is 39.1 Å². The van der Waals surface area contributed by atoms with Crippen LogP contribution in [0.25, 0.3) is 0 Å². The van der Waals surface area contributed by atoms with Gasteiger partial charge in [-0.05, 0) is 75.2 Å². The van der Waals surface area contributed by atoms with Crippen molar-refractivity contribution in [3.8, 4) is 6.07 Å². The first-order valence-corrected chi connectivity index (χ1v) is 14.3. The van der Waals surface area contributed by atoms with E-state index in [1.165, 1.54) is 41.6 Å². The number of carbonyl (C=O) groups excluding carboxylic acids is 2. The molecule has 8 nitrogen and oxygen atoms in total. The van der Waals surface area contributed by atoms with E-state index in [1.54, 1.807) is 0 Å². The van der Waals surface area contributed by atoms with Gasteiger partial charge in [-0.15, -0.1) is 0 Å². The molecular weight excluding hydrogens is 569 g/mol. The highest BCUT2D eigenvalue weighted by atomic mass is 35.5. The first-order chi connectivity index (χ1) is 18.8. The number of unbranched alkanes of at least 4 members (excludes halogenated alkanes) is 1. The molecule has 0 saturated carbocycles. The number of nitriles is 1. The van der Waals surface area contributed by atoms with Crippen LogP contribution in [-0.4, -0.2) is 62.2 Å². The highest BCUT2D eigenvalue weighted by molar-refractivity contribution is 7.89. The Morgan fingerprint density at radius 2 is 1.62 bits per heavy atom. The summed E-state index contributed by atoms with van der Waals surface area (Å²) >= 11 is 5.86. The van der Waals surface area contributed by atoms with E-state index in [0.29, 0.717) is 56.7 Å². The Morgan fingerprint density at radius 3 is 2.23 bits per heavy atom. The maximum absolute atomic E-state index is 13.4. The van der Waals surface area contributed by atoms with E-state index in [2.05, 4.69) is 4.90 Å². The van der Waals surface area contributed by atoms with Crippen LogP contribution in [-0.2, 0) is 25.8 Å². The summed E-state index contributed by atoms with van der Waals surface area (Å²) in [4.78, 5) is 28.8. The van der Waals surface area contributed by atoms with Crippen molar-refractivity contribution in [1.82, 2.24) is 9.21 Å². The van der Waals surface area contributed by atoms with E-state index >= 15 is 0 Å². The van der Waals surface area contributed by atoms with Gasteiger partial charge in [0.25, 0.3) is 11.8 Å². The molecule has 13 heteroatoms. The molecule has 2 aromatic carbocycles. The second-order valence-electron chi connectivity index (χ2n) is 9.55. The number of hydrogen-bond acceptors (Lipinski definition) is 6. The van der Waals surface area contributed by atoms with Crippen LogP contribution in [0.1, 0.15) is 37.3 Å². The summed E-state index contributed by atoms with van der Waals surface area (Å²) in [7, 11) is -3.61. The average molecular weight is 595 g/mol. The molecule has 0 bridgehead atoms. The maximum atomic E-state index is 13.4. The Balaban J connectivity index is 1.30. The molecule has 0 unspecified atom stereocenters. The van der Waals surface area contributed by atoms with Crippen molar-refractivity contribution in [2.75, 3.05) is 37.6 Å². The van der Waals surface area contributed by atoms with Crippen LogP contribution in [0, 0.1) is 11.3 Å². The molecular formula is C27H26ClF3N4O4S. The van der Waals surface area contributed by atoms with E-state index in [1.807, 2.05) is 0 Å². The molecule has 0 aromatic heterocycles. The van der Waals surface area contributed by atoms with Crippen molar-refractivity contribution in [3.63, 3.8) is 0 Å². The fourth-order valence-electron chi connectivity index (χ4n) is 4.80. The predicted octanol–water partition coefficient (Wildman–Crippen LogP) is 4.60. The largest absolute Gasteiger partial charge is 0.417 e. The number of nitrogens with zero attached hydrogens (tertiary/aromatic N) is 4. The van der Waals surface area contributed by atoms with E-state index in [0.717, 1.165) is 17.0 Å². The lowest BCUT2D eigenvalue weighted by atomic mass is 10.0. The van der Waals surface area contributed by atoms with Crippen molar-refractivity contribution in [2.24, 2.45) is 0 Å². The molecule has 0 spiro atoms. The number of anilines is 1. The predicted molar refractivity (Wildman–Crippen MR) is 142 cm³/mol. The third-order valence-corrected chi connectivity index (χ3v) is 9.22. The van der Waals surface area contributed by atoms with Gasteiger partial charge in [0.2, 0.25) is 10.0 Å². The Hall–Kier alpha value is -3.24. The maximum Gasteiger partial charge on any atom is 0.417 e. The molecule has 0 aliphatic carbocycles. The topological polar surface area (TPSA) is 102 Å². The van der Waals surface area contributed by atoms with Gasteiger partial charge in [-0.3, -0.25) is 9.59 Å². The number of sulfonamides is 1. The van der Waals surface area contributed by atoms with Crippen molar-refractivity contribution in [3.05, 3.63) is 69.8 Å². The van der Waals surface area contributed by atoms with Gasteiger partial charge in [-0.1, -0.05) is 11.6 Å². The molecule has 2 aromatic rings. The quantitative estimate of drug-likeness (QED) is 0.327. The lowest BCUT2D eigenvalue weighted by Crippen LogP contribution is -2.48. The minimum Gasteiger partial charge on any atom is -0.301 e. The molecule has 1 fully saturated rings. The zero-order valence-corrected chi connectivity index (χ0v) is 23.1. The zero-order chi connectivity index (χ0) is 29.2. The fourth-order valence-corrected chi connectivity index (χ4v) is 6.35. The molecule has 0 atom stereocenters.